The van der Waals surface area contributed by atoms with Gasteiger partial charge in [-0.1, -0.05) is 39.5 Å². The summed E-state index contributed by atoms with van der Waals surface area (Å²) >= 11 is 0. The molecule has 2 fully saturated rings. The van der Waals surface area contributed by atoms with Crippen molar-refractivity contribution in [1.82, 2.24) is 4.90 Å². The van der Waals surface area contributed by atoms with E-state index in [0.29, 0.717) is 5.54 Å². The summed E-state index contributed by atoms with van der Waals surface area (Å²) in [7, 11) is 0. The topological polar surface area (TPSA) is 29.3 Å². The van der Waals surface area contributed by atoms with E-state index in [2.05, 4.69) is 18.7 Å². The highest BCUT2D eigenvalue weighted by atomic mass is 15.2. The zero-order valence-electron chi connectivity index (χ0n) is 12.5. The Hall–Kier alpha value is -0.0800. The van der Waals surface area contributed by atoms with Gasteiger partial charge < -0.3 is 5.73 Å². The van der Waals surface area contributed by atoms with Crippen molar-refractivity contribution in [2.75, 3.05) is 13.1 Å². The zero-order valence-corrected chi connectivity index (χ0v) is 12.5. The van der Waals surface area contributed by atoms with Crippen LogP contribution in [0.3, 0.4) is 0 Å². The van der Waals surface area contributed by atoms with Gasteiger partial charge in [0.1, 0.15) is 0 Å². The highest BCUT2D eigenvalue weighted by Gasteiger charge is 2.41. The average molecular weight is 252 g/mol. The number of nitrogens with two attached hydrogens (primary N) is 1. The van der Waals surface area contributed by atoms with Crippen molar-refractivity contribution in [3.63, 3.8) is 0 Å². The first-order valence-electron chi connectivity index (χ1n) is 8.15. The third-order valence-corrected chi connectivity index (χ3v) is 5.24. The lowest BCUT2D eigenvalue weighted by Gasteiger charge is -2.45. The van der Waals surface area contributed by atoms with Gasteiger partial charge in [-0.25, -0.2) is 0 Å². The molecule has 0 heterocycles. The smallest absolute Gasteiger partial charge is 0.0334 e. The summed E-state index contributed by atoms with van der Waals surface area (Å²) in [4.78, 5) is 2.85. The van der Waals surface area contributed by atoms with Crippen LogP contribution in [0.2, 0.25) is 0 Å². The van der Waals surface area contributed by atoms with E-state index in [-0.39, 0.29) is 0 Å². The van der Waals surface area contributed by atoms with E-state index in [1.165, 1.54) is 64.3 Å². The van der Waals surface area contributed by atoms with Gasteiger partial charge in [0.05, 0.1) is 0 Å². The Bertz CT molecular complexity index is 237. The molecule has 0 amide bonds. The maximum atomic E-state index is 6.20. The number of rotatable bonds is 6. The zero-order chi connectivity index (χ0) is 13.0. The Morgan fingerprint density at radius 1 is 1.11 bits per heavy atom. The van der Waals surface area contributed by atoms with Crippen LogP contribution in [0.4, 0.5) is 0 Å². The molecule has 0 spiro atoms. The summed E-state index contributed by atoms with van der Waals surface area (Å²) in [5.74, 6) is 0.810. The lowest BCUT2D eigenvalue weighted by atomic mass is 9.91. The predicted molar refractivity (Wildman–Crippen MR) is 78.7 cm³/mol. The standard InChI is InChI=1S/C16H32N2/c1-14(2)9-12-18(15-7-3-4-8-15)16(13-17)10-5-6-11-16/h14-15H,3-13,17H2,1-2H3. The molecule has 0 aromatic carbocycles. The minimum atomic E-state index is 0.365. The van der Waals surface area contributed by atoms with E-state index in [4.69, 9.17) is 5.73 Å². The molecule has 0 unspecified atom stereocenters. The van der Waals surface area contributed by atoms with Crippen LogP contribution in [0.25, 0.3) is 0 Å². The highest BCUT2D eigenvalue weighted by molar-refractivity contribution is 4.99. The van der Waals surface area contributed by atoms with Crippen molar-refractivity contribution in [2.24, 2.45) is 11.7 Å². The fraction of sp³-hybridized carbons (Fsp3) is 1.00. The first-order chi connectivity index (χ1) is 8.68. The Morgan fingerprint density at radius 3 is 2.22 bits per heavy atom. The molecular weight excluding hydrogens is 220 g/mol. The van der Waals surface area contributed by atoms with Crippen molar-refractivity contribution in [1.29, 1.82) is 0 Å². The molecule has 0 aliphatic heterocycles. The third kappa shape index (κ3) is 3.08. The summed E-state index contributed by atoms with van der Waals surface area (Å²) in [6, 6.07) is 0.838. The van der Waals surface area contributed by atoms with Gasteiger partial charge in [-0.15, -0.1) is 0 Å². The molecule has 0 saturated heterocycles. The lowest BCUT2D eigenvalue weighted by Crippen LogP contribution is -2.56. The van der Waals surface area contributed by atoms with E-state index < -0.39 is 0 Å². The molecule has 106 valence electrons. The maximum absolute atomic E-state index is 6.20. The molecule has 0 atom stereocenters. The monoisotopic (exact) mass is 252 g/mol. The Kier molecular flexibility index (Phi) is 5.08. The quantitative estimate of drug-likeness (QED) is 0.783. The van der Waals surface area contributed by atoms with Crippen molar-refractivity contribution in [2.45, 2.75) is 83.2 Å². The molecule has 2 rings (SSSR count). The van der Waals surface area contributed by atoms with Crippen LogP contribution in [0.1, 0.15) is 71.6 Å². The van der Waals surface area contributed by atoms with Crippen molar-refractivity contribution in [3.8, 4) is 0 Å². The van der Waals surface area contributed by atoms with Crippen molar-refractivity contribution >= 4 is 0 Å². The third-order valence-electron chi connectivity index (χ3n) is 5.24. The molecular formula is C16H32N2. The Labute approximate surface area is 113 Å². The molecule has 2 aliphatic carbocycles. The summed E-state index contributed by atoms with van der Waals surface area (Å²) in [6.07, 6.45) is 12.5. The fourth-order valence-corrected chi connectivity index (χ4v) is 4.06. The van der Waals surface area contributed by atoms with E-state index in [1.54, 1.807) is 0 Å². The van der Waals surface area contributed by atoms with Gasteiger partial charge in [0.25, 0.3) is 0 Å². The van der Waals surface area contributed by atoms with Crippen molar-refractivity contribution < 1.29 is 0 Å². The SMILES string of the molecule is CC(C)CCN(C1CCCC1)C1(CN)CCCC1. The Morgan fingerprint density at radius 2 is 1.72 bits per heavy atom. The fourth-order valence-electron chi connectivity index (χ4n) is 4.06. The molecule has 2 N–H and O–H groups in total. The minimum Gasteiger partial charge on any atom is -0.329 e. The number of nitrogens with zero attached hydrogens (tertiary/aromatic N) is 1. The van der Waals surface area contributed by atoms with E-state index in [1.807, 2.05) is 0 Å². The molecule has 0 bridgehead atoms. The average Bonchev–Trinajstić information content (AvgIpc) is 3.00. The first-order valence-corrected chi connectivity index (χ1v) is 8.15. The molecule has 2 aliphatic rings. The summed E-state index contributed by atoms with van der Waals surface area (Å²) in [5, 5.41) is 0. The van der Waals surface area contributed by atoms with Gasteiger partial charge >= 0.3 is 0 Å². The molecule has 2 nitrogen and oxygen atoms in total. The van der Waals surface area contributed by atoms with Crippen LogP contribution >= 0.6 is 0 Å². The largest absolute Gasteiger partial charge is 0.329 e. The van der Waals surface area contributed by atoms with Crippen LogP contribution < -0.4 is 5.73 Å². The van der Waals surface area contributed by atoms with Gasteiger partial charge in [-0.3, -0.25) is 4.90 Å². The van der Waals surface area contributed by atoms with Crippen LogP contribution in [-0.2, 0) is 0 Å². The van der Waals surface area contributed by atoms with Crippen LogP contribution in [-0.4, -0.2) is 29.6 Å². The van der Waals surface area contributed by atoms with Crippen molar-refractivity contribution in [3.05, 3.63) is 0 Å². The van der Waals surface area contributed by atoms with Crippen LogP contribution in [0.5, 0.6) is 0 Å². The summed E-state index contributed by atoms with van der Waals surface area (Å²) < 4.78 is 0. The van der Waals surface area contributed by atoms with Gasteiger partial charge in [-0.05, 0) is 44.6 Å². The normalized spacial score (nSPS) is 24.5. The van der Waals surface area contributed by atoms with Gasteiger partial charge in [-0.2, -0.15) is 0 Å². The van der Waals surface area contributed by atoms with Gasteiger partial charge in [0.15, 0.2) is 0 Å². The summed E-state index contributed by atoms with van der Waals surface area (Å²) in [6.45, 7) is 6.84. The second-order valence-corrected chi connectivity index (χ2v) is 6.95. The van der Waals surface area contributed by atoms with Crippen LogP contribution in [0.15, 0.2) is 0 Å². The molecule has 2 saturated carbocycles. The van der Waals surface area contributed by atoms with Crippen LogP contribution in [0, 0.1) is 5.92 Å². The number of hydrogen-bond donors (Lipinski definition) is 1. The molecule has 2 heteroatoms. The maximum Gasteiger partial charge on any atom is 0.0334 e. The predicted octanol–water partition coefficient (Wildman–Crippen LogP) is 3.55. The van der Waals surface area contributed by atoms with E-state index in [0.717, 1.165) is 18.5 Å². The minimum absolute atomic E-state index is 0.365. The second kappa shape index (κ2) is 6.38. The molecule has 0 aromatic heterocycles. The van der Waals surface area contributed by atoms with Gasteiger partial charge in [0.2, 0.25) is 0 Å². The van der Waals surface area contributed by atoms with E-state index in [9.17, 15) is 0 Å². The van der Waals surface area contributed by atoms with Gasteiger partial charge in [0, 0.05) is 18.1 Å². The molecule has 18 heavy (non-hydrogen) atoms. The highest BCUT2D eigenvalue weighted by Crippen LogP contribution is 2.39. The van der Waals surface area contributed by atoms with E-state index >= 15 is 0 Å². The second-order valence-electron chi connectivity index (χ2n) is 6.95. The number of hydrogen-bond acceptors (Lipinski definition) is 2. The molecule has 0 aromatic rings. The lowest BCUT2D eigenvalue weighted by molar-refractivity contribution is 0.0489. The molecule has 0 radical (unpaired) electrons. The Balaban J connectivity index is 2.06. The first kappa shape index (κ1) is 14.3. The summed E-state index contributed by atoms with van der Waals surface area (Å²) in [5.41, 5.74) is 6.57.